The van der Waals surface area contributed by atoms with Crippen LogP contribution in [-0.2, 0) is 4.74 Å². The van der Waals surface area contributed by atoms with Crippen LogP contribution in [0.5, 0.6) is 0 Å². The number of aryl methyl sites for hydroxylation is 1. The number of carbonyl (C=O) groups is 1. The van der Waals surface area contributed by atoms with Crippen molar-refractivity contribution < 1.29 is 9.53 Å². The fraction of sp³-hybridized carbons (Fsp3) is 0.267. The number of nitrogens with zero attached hydrogens (tertiary/aromatic N) is 2. The molecular weight excluding hydrogens is 272 g/mol. The second-order valence-corrected chi connectivity index (χ2v) is 5.16. The third-order valence-corrected chi connectivity index (χ3v) is 3.57. The van der Waals surface area contributed by atoms with E-state index in [1.54, 1.807) is 5.38 Å². The van der Waals surface area contributed by atoms with Gasteiger partial charge in [0.2, 0.25) is 0 Å². The van der Waals surface area contributed by atoms with Gasteiger partial charge in [0.25, 0.3) is 0 Å². The predicted molar refractivity (Wildman–Crippen MR) is 77.4 cm³/mol. The summed E-state index contributed by atoms with van der Waals surface area (Å²) >= 11 is 1.42. The molecule has 20 heavy (non-hydrogen) atoms. The molecule has 0 aliphatic heterocycles. The molecule has 5 heteroatoms. The highest BCUT2D eigenvalue weighted by Gasteiger charge is 2.12. The molecular formula is C15H14N2O2S. The molecule has 1 aromatic carbocycles. The second-order valence-electron chi connectivity index (χ2n) is 4.30. The topological polar surface area (TPSA) is 63.0 Å². The molecule has 0 saturated carbocycles. The van der Waals surface area contributed by atoms with Gasteiger partial charge in [0.05, 0.1) is 12.7 Å². The van der Waals surface area contributed by atoms with Crippen molar-refractivity contribution in [3.63, 3.8) is 0 Å². The zero-order valence-electron chi connectivity index (χ0n) is 11.1. The number of benzene rings is 1. The van der Waals surface area contributed by atoms with Crippen LogP contribution in [0.2, 0.25) is 0 Å². The smallest absolute Gasteiger partial charge is 0.357 e. The van der Waals surface area contributed by atoms with Gasteiger partial charge in [-0.2, -0.15) is 5.26 Å². The molecule has 0 unspecified atom stereocenters. The summed E-state index contributed by atoms with van der Waals surface area (Å²) in [6.45, 7) is 2.28. The Kier molecular flexibility index (Phi) is 4.85. The molecule has 1 aromatic heterocycles. The lowest BCUT2D eigenvalue weighted by molar-refractivity contribution is 0.0496. The van der Waals surface area contributed by atoms with E-state index in [1.165, 1.54) is 16.9 Å². The summed E-state index contributed by atoms with van der Waals surface area (Å²) in [6.07, 6.45) is 0.941. The summed E-state index contributed by atoms with van der Waals surface area (Å²) in [7, 11) is 0. The molecule has 0 saturated heterocycles. The van der Waals surface area contributed by atoms with Crippen LogP contribution in [0.15, 0.2) is 29.6 Å². The summed E-state index contributed by atoms with van der Waals surface area (Å²) in [6, 6.07) is 9.99. The molecule has 0 fully saturated rings. The first-order valence-corrected chi connectivity index (χ1v) is 7.15. The highest BCUT2D eigenvalue weighted by molar-refractivity contribution is 7.13. The van der Waals surface area contributed by atoms with Gasteiger partial charge in [-0.05, 0) is 13.3 Å². The van der Waals surface area contributed by atoms with Crippen LogP contribution in [0.25, 0.3) is 10.6 Å². The molecule has 0 atom stereocenters. The molecule has 0 radical (unpaired) electrons. The molecule has 0 aliphatic carbocycles. The van der Waals surface area contributed by atoms with Gasteiger partial charge < -0.3 is 4.74 Å². The molecule has 4 nitrogen and oxygen atoms in total. The minimum Gasteiger partial charge on any atom is -0.461 e. The third kappa shape index (κ3) is 3.65. The van der Waals surface area contributed by atoms with Crippen molar-refractivity contribution in [2.45, 2.75) is 19.8 Å². The average Bonchev–Trinajstić information content (AvgIpc) is 2.94. The van der Waals surface area contributed by atoms with Crippen LogP contribution in [-0.4, -0.2) is 17.6 Å². The molecule has 0 spiro atoms. The first-order chi connectivity index (χ1) is 9.70. The minimum atomic E-state index is -0.433. The van der Waals surface area contributed by atoms with E-state index in [-0.39, 0.29) is 6.61 Å². The van der Waals surface area contributed by atoms with Gasteiger partial charge in [-0.1, -0.05) is 29.8 Å². The van der Waals surface area contributed by atoms with Crippen LogP contribution in [0.3, 0.4) is 0 Å². The first-order valence-electron chi connectivity index (χ1n) is 6.27. The van der Waals surface area contributed by atoms with Crippen molar-refractivity contribution in [1.29, 1.82) is 5.26 Å². The standard InChI is InChI=1S/C15H14N2O2S/c1-11-4-6-12(7-5-11)14-17-13(10-20-14)15(18)19-9-3-2-8-16/h4-7,10H,2-3,9H2,1H3. The van der Waals surface area contributed by atoms with Gasteiger partial charge in [-0.3, -0.25) is 0 Å². The zero-order chi connectivity index (χ0) is 14.4. The van der Waals surface area contributed by atoms with Gasteiger partial charge in [0, 0.05) is 17.4 Å². The molecule has 0 bridgehead atoms. The number of aromatic nitrogens is 1. The Bertz CT molecular complexity index is 626. The Morgan fingerprint density at radius 2 is 2.15 bits per heavy atom. The molecule has 2 rings (SSSR count). The molecule has 0 aliphatic rings. The summed E-state index contributed by atoms with van der Waals surface area (Å²) < 4.78 is 5.05. The van der Waals surface area contributed by atoms with Gasteiger partial charge in [0.15, 0.2) is 5.69 Å². The molecule has 2 aromatic rings. The van der Waals surface area contributed by atoms with E-state index in [1.807, 2.05) is 37.3 Å². The van der Waals surface area contributed by atoms with Crippen LogP contribution >= 0.6 is 11.3 Å². The Hall–Kier alpha value is -2.19. The lowest BCUT2D eigenvalue weighted by atomic mass is 10.2. The maximum Gasteiger partial charge on any atom is 0.357 e. The van der Waals surface area contributed by atoms with Crippen LogP contribution < -0.4 is 0 Å². The van der Waals surface area contributed by atoms with Crippen molar-refractivity contribution in [3.05, 3.63) is 40.9 Å². The third-order valence-electron chi connectivity index (χ3n) is 2.68. The van der Waals surface area contributed by atoms with Gasteiger partial charge >= 0.3 is 5.97 Å². The number of hydrogen-bond donors (Lipinski definition) is 0. The van der Waals surface area contributed by atoms with E-state index in [2.05, 4.69) is 4.98 Å². The normalized spacial score (nSPS) is 10.0. The van der Waals surface area contributed by atoms with E-state index in [9.17, 15) is 4.79 Å². The molecule has 1 heterocycles. The number of thiazole rings is 1. The second kappa shape index (κ2) is 6.83. The number of carbonyl (C=O) groups excluding carboxylic acids is 1. The summed E-state index contributed by atoms with van der Waals surface area (Å²) in [5.74, 6) is -0.433. The van der Waals surface area contributed by atoms with Crippen LogP contribution in [0.1, 0.15) is 28.9 Å². The average molecular weight is 286 g/mol. The maximum atomic E-state index is 11.7. The van der Waals surface area contributed by atoms with Gasteiger partial charge in [0.1, 0.15) is 5.01 Å². The largest absolute Gasteiger partial charge is 0.461 e. The Morgan fingerprint density at radius 3 is 2.85 bits per heavy atom. The van der Waals surface area contributed by atoms with Crippen LogP contribution in [0.4, 0.5) is 0 Å². The monoisotopic (exact) mass is 286 g/mol. The summed E-state index contributed by atoms with van der Waals surface area (Å²) in [5.41, 5.74) is 2.49. The quantitative estimate of drug-likeness (QED) is 0.622. The fourth-order valence-corrected chi connectivity index (χ4v) is 2.38. The Balaban J connectivity index is 2.00. The number of ether oxygens (including phenoxy) is 1. The SMILES string of the molecule is Cc1ccc(-c2nc(C(=O)OCCCC#N)cs2)cc1. The lowest BCUT2D eigenvalue weighted by Gasteiger charge is -2.00. The van der Waals surface area contributed by atoms with Crippen molar-refractivity contribution in [2.24, 2.45) is 0 Å². The molecule has 0 amide bonds. The van der Waals surface area contributed by atoms with E-state index in [0.717, 1.165) is 10.6 Å². The Morgan fingerprint density at radius 1 is 1.40 bits per heavy atom. The van der Waals surface area contributed by atoms with Crippen LogP contribution in [0, 0.1) is 18.3 Å². The van der Waals surface area contributed by atoms with E-state index in [0.29, 0.717) is 18.5 Å². The molecule has 102 valence electrons. The first kappa shape index (κ1) is 14.2. The van der Waals surface area contributed by atoms with E-state index in [4.69, 9.17) is 10.00 Å². The lowest BCUT2D eigenvalue weighted by Crippen LogP contribution is -2.06. The van der Waals surface area contributed by atoms with Crippen molar-refractivity contribution >= 4 is 17.3 Å². The predicted octanol–water partition coefficient (Wildman–Crippen LogP) is 3.58. The maximum absolute atomic E-state index is 11.7. The molecule has 0 N–H and O–H groups in total. The van der Waals surface area contributed by atoms with Gasteiger partial charge in [-0.15, -0.1) is 11.3 Å². The minimum absolute atomic E-state index is 0.254. The highest BCUT2D eigenvalue weighted by Crippen LogP contribution is 2.24. The number of nitriles is 1. The number of esters is 1. The fourth-order valence-electron chi connectivity index (χ4n) is 1.59. The van der Waals surface area contributed by atoms with Crippen molar-refractivity contribution in [2.75, 3.05) is 6.61 Å². The number of hydrogen-bond acceptors (Lipinski definition) is 5. The Labute approximate surface area is 121 Å². The number of rotatable bonds is 5. The van der Waals surface area contributed by atoms with Crippen molar-refractivity contribution in [3.8, 4) is 16.6 Å². The van der Waals surface area contributed by atoms with E-state index >= 15 is 0 Å². The van der Waals surface area contributed by atoms with Crippen molar-refractivity contribution in [1.82, 2.24) is 4.98 Å². The number of unbranched alkanes of at least 4 members (excludes halogenated alkanes) is 1. The summed E-state index contributed by atoms with van der Waals surface area (Å²) in [4.78, 5) is 16.0. The zero-order valence-corrected chi connectivity index (χ0v) is 11.9. The summed E-state index contributed by atoms with van der Waals surface area (Å²) in [5, 5.41) is 10.9. The highest BCUT2D eigenvalue weighted by atomic mass is 32.1. The van der Waals surface area contributed by atoms with E-state index < -0.39 is 5.97 Å². The van der Waals surface area contributed by atoms with Gasteiger partial charge in [-0.25, -0.2) is 9.78 Å².